The van der Waals surface area contributed by atoms with Gasteiger partial charge in [0.2, 0.25) is 0 Å². The molecule has 0 aliphatic rings. The predicted octanol–water partition coefficient (Wildman–Crippen LogP) is 5.91. The van der Waals surface area contributed by atoms with Crippen LogP contribution in [0.4, 0.5) is 0 Å². The summed E-state index contributed by atoms with van der Waals surface area (Å²) in [7, 11) is 0. The van der Waals surface area contributed by atoms with E-state index in [0.717, 1.165) is 0 Å². The molecule has 0 unspecified atom stereocenters. The predicted molar refractivity (Wildman–Crippen MR) is 82.4 cm³/mol. The van der Waals surface area contributed by atoms with Gasteiger partial charge in [-0.05, 0) is 19.8 Å². The Morgan fingerprint density at radius 3 is 1.94 bits per heavy atom. The van der Waals surface area contributed by atoms with Gasteiger partial charge in [0.25, 0.3) is 0 Å². The van der Waals surface area contributed by atoms with Gasteiger partial charge in [0.05, 0.1) is 10.7 Å². The molecule has 1 heterocycles. The molecule has 2 heteroatoms. The number of rotatable bonds is 11. The molecule has 0 aromatic carbocycles. The van der Waals surface area contributed by atoms with Gasteiger partial charge in [-0.3, -0.25) is 0 Å². The molecule has 0 radical (unpaired) electrons. The Morgan fingerprint density at radius 1 is 0.889 bits per heavy atom. The lowest BCUT2D eigenvalue weighted by Gasteiger charge is -2.01. The third kappa shape index (κ3) is 7.86. The van der Waals surface area contributed by atoms with Crippen LogP contribution >= 0.6 is 11.3 Å². The quantitative estimate of drug-likeness (QED) is 0.454. The van der Waals surface area contributed by atoms with Crippen molar-refractivity contribution in [3.63, 3.8) is 0 Å². The lowest BCUT2D eigenvalue weighted by Crippen LogP contribution is -1.87. The van der Waals surface area contributed by atoms with Crippen LogP contribution in [0.2, 0.25) is 0 Å². The van der Waals surface area contributed by atoms with E-state index in [1.54, 1.807) is 11.3 Å². The highest BCUT2D eigenvalue weighted by Gasteiger charge is 1.98. The molecule has 1 rings (SSSR count). The van der Waals surface area contributed by atoms with E-state index in [1.807, 2.05) is 0 Å². The Balaban J connectivity index is 1.81. The summed E-state index contributed by atoms with van der Waals surface area (Å²) in [6, 6.07) is 0. The topological polar surface area (TPSA) is 12.9 Å². The van der Waals surface area contributed by atoms with E-state index >= 15 is 0 Å². The third-order valence-electron chi connectivity index (χ3n) is 3.45. The van der Waals surface area contributed by atoms with Crippen LogP contribution in [0.1, 0.15) is 81.8 Å². The first kappa shape index (κ1) is 15.7. The number of aromatic nitrogens is 1. The maximum atomic E-state index is 4.50. The second-order valence-electron chi connectivity index (χ2n) is 5.29. The van der Waals surface area contributed by atoms with Crippen molar-refractivity contribution in [2.24, 2.45) is 0 Å². The largest absolute Gasteiger partial charge is 0.247 e. The zero-order valence-corrected chi connectivity index (χ0v) is 13.0. The fraction of sp³-hybridized carbons (Fsp3) is 0.812. The Kier molecular flexibility index (Phi) is 9.19. The van der Waals surface area contributed by atoms with E-state index in [-0.39, 0.29) is 0 Å². The van der Waals surface area contributed by atoms with Crippen molar-refractivity contribution in [3.8, 4) is 0 Å². The molecule has 104 valence electrons. The third-order valence-corrected chi connectivity index (χ3v) is 4.28. The van der Waals surface area contributed by atoms with Gasteiger partial charge in [0, 0.05) is 5.38 Å². The van der Waals surface area contributed by atoms with Crippen LogP contribution in [-0.4, -0.2) is 4.98 Å². The number of hydrogen-bond donors (Lipinski definition) is 0. The van der Waals surface area contributed by atoms with Gasteiger partial charge in [0.15, 0.2) is 0 Å². The summed E-state index contributed by atoms with van der Waals surface area (Å²) in [6.07, 6.45) is 15.3. The number of aryl methyl sites for hydroxylation is 2. The van der Waals surface area contributed by atoms with Crippen molar-refractivity contribution >= 4 is 11.3 Å². The molecule has 18 heavy (non-hydrogen) atoms. The van der Waals surface area contributed by atoms with Crippen LogP contribution in [0.15, 0.2) is 5.38 Å². The Bertz CT molecular complexity index is 293. The first-order chi connectivity index (χ1) is 8.83. The molecule has 0 aliphatic heterocycles. The van der Waals surface area contributed by atoms with Crippen molar-refractivity contribution in [2.45, 2.75) is 84.5 Å². The van der Waals surface area contributed by atoms with Crippen molar-refractivity contribution in [1.82, 2.24) is 4.98 Å². The standard InChI is InChI=1S/C16H29NS/c1-3-4-5-6-7-8-9-10-11-12-13-16-14-18-15(2)17-16/h14H,3-13H2,1-2H3. The summed E-state index contributed by atoms with van der Waals surface area (Å²) in [5.74, 6) is 0. The summed E-state index contributed by atoms with van der Waals surface area (Å²) in [4.78, 5) is 4.50. The minimum atomic E-state index is 1.18. The normalized spacial score (nSPS) is 11.0. The summed E-state index contributed by atoms with van der Waals surface area (Å²) in [6.45, 7) is 4.37. The Labute approximate surface area is 117 Å². The average Bonchev–Trinajstić information content (AvgIpc) is 2.77. The molecule has 0 aliphatic carbocycles. The first-order valence-electron chi connectivity index (χ1n) is 7.74. The molecule has 0 N–H and O–H groups in total. The lowest BCUT2D eigenvalue weighted by atomic mass is 10.1. The number of hydrogen-bond acceptors (Lipinski definition) is 2. The maximum Gasteiger partial charge on any atom is 0.0897 e. The van der Waals surface area contributed by atoms with Gasteiger partial charge in [-0.2, -0.15) is 0 Å². The van der Waals surface area contributed by atoms with Crippen LogP contribution in [0.5, 0.6) is 0 Å². The highest BCUT2D eigenvalue weighted by molar-refractivity contribution is 7.09. The summed E-state index contributed by atoms with van der Waals surface area (Å²) >= 11 is 1.77. The SMILES string of the molecule is CCCCCCCCCCCCc1csc(C)n1. The molecule has 0 amide bonds. The molecule has 0 atom stereocenters. The molecule has 0 saturated carbocycles. The molecule has 0 saturated heterocycles. The van der Waals surface area contributed by atoms with Gasteiger partial charge < -0.3 is 0 Å². The van der Waals surface area contributed by atoms with Crippen LogP contribution in [0.3, 0.4) is 0 Å². The molecule has 0 spiro atoms. The molecule has 1 aromatic heterocycles. The van der Waals surface area contributed by atoms with E-state index in [4.69, 9.17) is 0 Å². The van der Waals surface area contributed by atoms with Gasteiger partial charge in [0.1, 0.15) is 0 Å². The minimum absolute atomic E-state index is 1.18. The number of thiazole rings is 1. The van der Waals surface area contributed by atoms with E-state index in [1.165, 1.54) is 81.3 Å². The van der Waals surface area contributed by atoms with Gasteiger partial charge in [-0.1, -0.05) is 64.7 Å². The molecular formula is C16H29NS. The second-order valence-corrected chi connectivity index (χ2v) is 6.35. The molecular weight excluding hydrogens is 238 g/mol. The highest BCUT2D eigenvalue weighted by Crippen LogP contribution is 2.13. The number of nitrogens with zero attached hydrogens (tertiary/aromatic N) is 1. The minimum Gasteiger partial charge on any atom is -0.247 e. The summed E-state index contributed by atoms with van der Waals surface area (Å²) in [5.41, 5.74) is 1.30. The van der Waals surface area contributed by atoms with E-state index in [2.05, 4.69) is 24.2 Å². The van der Waals surface area contributed by atoms with E-state index in [0.29, 0.717) is 0 Å². The van der Waals surface area contributed by atoms with Gasteiger partial charge in [-0.15, -0.1) is 11.3 Å². The first-order valence-corrected chi connectivity index (χ1v) is 8.62. The molecule has 0 bridgehead atoms. The fourth-order valence-corrected chi connectivity index (χ4v) is 2.96. The fourth-order valence-electron chi connectivity index (χ4n) is 2.32. The zero-order valence-electron chi connectivity index (χ0n) is 12.2. The summed E-state index contributed by atoms with van der Waals surface area (Å²) < 4.78 is 0. The summed E-state index contributed by atoms with van der Waals surface area (Å²) in [5, 5.41) is 3.42. The van der Waals surface area contributed by atoms with Crippen LogP contribution in [0.25, 0.3) is 0 Å². The monoisotopic (exact) mass is 267 g/mol. The Hall–Kier alpha value is -0.370. The van der Waals surface area contributed by atoms with Crippen molar-refractivity contribution in [2.75, 3.05) is 0 Å². The average molecular weight is 267 g/mol. The van der Waals surface area contributed by atoms with Crippen molar-refractivity contribution < 1.29 is 0 Å². The van der Waals surface area contributed by atoms with Crippen LogP contribution < -0.4 is 0 Å². The Morgan fingerprint density at radius 2 is 1.44 bits per heavy atom. The maximum absolute atomic E-state index is 4.50. The van der Waals surface area contributed by atoms with Crippen molar-refractivity contribution in [1.29, 1.82) is 0 Å². The van der Waals surface area contributed by atoms with Gasteiger partial charge >= 0.3 is 0 Å². The van der Waals surface area contributed by atoms with E-state index in [9.17, 15) is 0 Å². The second kappa shape index (κ2) is 10.5. The van der Waals surface area contributed by atoms with Crippen molar-refractivity contribution in [3.05, 3.63) is 16.1 Å². The molecule has 0 fully saturated rings. The van der Waals surface area contributed by atoms with E-state index < -0.39 is 0 Å². The zero-order chi connectivity index (χ0) is 13.1. The molecule has 1 nitrogen and oxygen atoms in total. The van der Waals surface area contributed by atoms with Crippen LogP contribution in [0, 0.1) is 6.92 Å². The number of unbranched alkanes of at least 4 members (excludes halogenated alkanes) is 9. The lowest BCUT2D eigenvalue weighted by molar-refractivity contribution is 0.555. The highest BCUT2D eigenvalue weighted by atomic mass is 32.1. The smallest absolute Gasteiger partial charge is 0.0897 e. The molecule has 1 aromatic rings. The van der Waals surface area contributed by atoms with Gasteiger partial charge in [-0.25, -0.2) is 4.98 Å². The van der Waals surface area contributed by atoms with Crippen LogP contribution in [-0.2, 0) is 6.42 Å².